The highest BCUT2D eigenvalue weighted by molar-refractivity contribution is 7.86. The fraction of sp³-hybridized carbons (Fsp3) is 0.647. The highest BCUT2D eigenvalue weighted by atomic mass is 32.2. The van der Waals surface area contributed by atoms with E-state index in [0.29, 0.717) is 39.4 Å². The van der Waals surface area contributed by atoms with Crippen LogP contribution in [0.2, 0.25) is 0 Å². The Hall–Kier alpha value is -1.15. The molecule has 0 bridgehead atoms. The van der Waals surface area contributed by atoms with Gasteiger partial charge in [0.25, 0.3) is 10.2 Å². The van der Waals surface area contributed by atoms with E-state index < -0.39 is 10.2 Å². The van der Waals surface area contributed by atoms with Crippen LogP contribution in [-0.2, 0) is 14.9 Å². The maximum Gasteiger partial charge on any atom is 0.282 e. The van der Waals surface area contributed by atoms with Gasteiger partial charge in [-0.25, -0.2) is 0 Å². The third-order valence-electron chi connectivity index (χ3n) is 4.84. The zero-order chi connectivity index (χ0) is 17.0. The van der Waals surface area contributed by atoms with E-state index in [-0.39, 0.29) is 5.92 Å². The quantitative estimate of drug-likeness (QED) is 0.828. The molecule has 0 amide bonds. The van der Waals surface area contributed by atoms with Gasteiger partial charge in [-0.1, -0.05) is 18.6 Å². The van der Waals surface area contributed by atoms with Crippen LogP contribution in [0.25, 0.3) is 0 Å². The molecule has 24 heavy (non-hydrogen) atoms. The molecule has 1 atom stereocenters. The maximum atomic E-state index is 12.9. The smallest absolute Gasteiger partial charge is 0.282 e. The van der Waals surface area contributed by atoms with Crippen molar-refractivity contribution in [2.24, 2.45) is 0 Å². The number of morpholine rings is 1. The number of benzene rings is 1. The van der Waals surface area contributed by atoms with Gasteiger partial charge < -0.3 is 9.47 Å². The molecule has 6 nitrogen and oxygen atoms in total. The summed E-state index contributed by atoms with van der Waals surface area (Å²) in [7, 11) is -1.75. The largest absolute Gasteiger partial charge is 0.497 e. The first-order valence-electron chi connectivity index (χ1n) is 8.58. The topological polar surface area (TPSA) is 59.1 Å². The Bertz CT molecular complexity index is 626. The summed E-state index contributed by atoms with van der Waals surface area (Å²) in [6.45, 7) is 3.01. The average Bonchev–Trinajstić information content (AvgIpc) is 2.89. The van der Waals surface area contributed by atoms with Crippen molar-refractivity contribution in [1.29, 1.82) is 0 Å². The first kappa shape index (κ1) is 17.7. The van der Waals surface area contributed by atoms with Crippen molar-refractivity contribution in [2.45, 2.75) is 25.2 Å². The summed E-state index contributed by atoms with van der Waals surface area (Å²) in [5.74, 6) is 1.05. The molecule has 134 valence electrons. The minimum atomic E-state index is -3.40. The van der Waals surface area contributed by atoms with Gasteiger partial charge in [0.1, 0.15) is 5.75 Å². The molecule has 0 spiro atoms. The van der Waals surface area contributed by atoms with E-state index in [4.69, 9.17) is 9.47 Å². The zero-order valence-corrected chi connectivity index (χ0v) is 15.0. The SMILES string of the molecule is COc1ccc([C@H]2CCCCN(S(=O)(=O)N3CCOCC3)C2)cc1. The van der Waals surface area contributed by atoms with Crippen molar-refractivity contribution >= 4 is 10.2 Å². The predicted octanol–water partition coefficient (Wildman–Crippen LogP) is 1.84. The van der Waals surface area contributed by atoms with Gasteiger partial charge in [-0.05, 0) is 36.5 Å². The van der Waals surface area contributed by atoms with E-state index in [1.807, 2.05) is 24.3 Å². The normalized spacial score (nSPS) is 24.5. The molecule has 0 saturated carbocycles. The van der Waals surface area contributed by atoms with E-state index >= 15 is 0 Å². The Labute approximate surface area is 144 Å². The highest BCUT2D eigenvalue weighted by Crippen LogP contribution is 2.29. The second-order valence-electron chi connectivity index (χ2n) is 6.34. The fourth-order valence-electron chi connectivity index (χ4n) is 3.41. The summed E-state index contributed by atoms with van der Waals surface area (Å²) in [6, 6.07) is 7.99. The van der Waals surface area contributed by atoms with Crippen molar-refractivity contribution in [1.82, 2.24) is 8.61 Å². The number of nitrogens with zero attached hydrogens (tertiary/aromatic N) is 2. The fourth-order valence-corrected chi connectivity index (χ4v) is 5.07. The summed E-state index contributed by atoms with van der Waals surface area (Å²) in [5, 5.41) is 0. The molecule has 0 aromatic heterocycles. The lowest BCUT2D eigenvalue weighted by atomic mass is 9.94. The average molecular weight is 354 g/mol. The summed E-state index contributed by atoms with van der Waals surface area (Å²) >= 11 is 0. The molecule has 3 rings (SSSR count). The lowest BCUT2D eigenvalue weighted by Crippen LogP contribution is -2.49. The van der Waals surface area contributed by atoms with Crippen LogP contribution in [0.5, 0.6) is 5.75 Å². The van der Waals surface area contributed by atoms with Gasteiger partial charge in [0, 0.05) is 26.2 Å². The lowest BCUT2D eigenvalue weighted by molar-refractivity contribution is 0.0701. The van der Waals surface area contributed by atoms with Crippen LogP contribution in [-0.4, -0.2) is 63.5 Å². The second kappa shape index (κ2) is 7.82. The third-order valence-corrected chi connectivity index (χ3v) is 6.85. The van der Waals surface area contributed by atoms with Crippen LogP contribution in [0.4, 0.5) is 0 Å². The summed E-state index contributed by atoms with van der Waals surface area (Å²) in [4.78, 5) is 0. The van der Waals surface area contributed by atoms with E-state index in [9.17, 15) is 8.42 Å². The molecule has 2 aliphatic heterocycles. The second-order valence-corrected chi connectivity index (χ2v) is 8.27. The van der Waals surface area contributed by atoms with Gasteiger partial charge in [0.05, 0.1) is 20.3 Å². The van der Waals surface area contributed by atoms with Crippen molar-refractivity contribution in [3.05, 3.63) is 29.8 Å². The standard InChI is InChI=1S/C17H26N2O4S/c1-22-17-7-5-15(6-8-17)16-4-2-3-9-19(14-16)24(20,21)18-10-12-23-13-11-18/h5-8,16H,2-4,9-14H2,1H3/t16-/m0/s1. The summed E-state index contributed by atoms with van der Waals surface area (Å²) in [5.41, 5.74) is 1.18. The molecular formula is C17H26N2O4S. The lowest BCUT2D eigenvalue weighted by Gasteiger charge is -2.32. The molecule has 0 radical (unpaired) electrons. The summed E-state index contributed by atoms with van der Waals surface area (Å²) < 4.78 is 39.6. The first-order chi connectivity index (χ1) is 11.6. The predicted molar refractivity (Wildman–Crippen MR) is 92.5 cm³/mol. The Morgan fingerprint density at radius 3 is 2.42 bits per heavy atom. The zero-order valence-electron chi connectivity index (χ0n) is 14.2. The summed E-state index contributed by atoms with van der Waals surface area (Å²) in [6.07, 6.45) is 2.98. The van der Waals surface area contributed by atoms with Gasteiger partial charge in [0.15, 0.2) is 0 Å². The van der Waals surface area contributed by atoms with Crippen molar-refractivity contribution in [2.75, 3.05) is 46.5 Å². The van der Waals surface area contributed by atoms with Crippen LogP contribution >= 0.6 is 0 Å². The molecule has 0 unspecified atom stereocenters. The molecule has 0 aliphatic carbocycles. The minimum absolute atomic E-state index is 0.231. The number of hydrogen-bond acceptors (Lipinski definition) is 4. The van der Waals surface area contributed by atoms with Gasteiger partial charge >= 0.3 is 0 Å². The molecule has 2 saturated heterocycles. The van der Waals surface area contributed by atoms with E-state index in [1.165, 1.54) is 5.56 Å². The number of ether oxygens (including phenoxy) is 2. The molecule has 0 N–H and O–H groups in total. The van der Waals surface area contributed by atoms with Gasteiger partial charge in [-0.15, -0.1) is 0 Å². The highest BCUT2D eigenvalue weighted by Gasteiger charge is 2.33. The Morgan fingerprint density at radius 2 is 1.75 bits per heavy atom. The van der Waals surface area contributed by atoms with E-state index in [0.717, 1.165) is 25.0 Å². The van der Waals surface area contributed by atoms with Crippen LogP contribution < -0.4 is 4.74 Å². The monoisotopic (exact) mass is 354 g/mol. The van der Waals surface area contributed by atoms with Crippen LogP contribution in [0.1, 0.15) is 30.7 Å². The Kier molecular flexibility index (Phi) is 5.76. The molecule has 7 heteroatoms. The van der Waals surface area contributed by atoms with E-state index in [2.05, 4.69) is 0 Å². The Morgan fingerprint density at radius 1 is 1.04 bits per heavy atom. The number of methoxy groups -OCH3 is 1. The molecule has 1 aromatic carbocycles. The number of hydrogen-bond donors (Lipinski definition) is 0. The maximum absolute atomic E-state index is 12.9. The molecule has 1 aromatic rings. The third kappa shape index (κ3) is 3.91. The number of rotatable bonds is 4. The first-order valence-corrected chi connectivity index (χ1v) is 9.98. The van der Waals surface area contributed by atoms with Crippen LogP contribution in [0, 0.1) is 0 Å². The van der Waals surface area contributed by atoms with Crippen molar-refractivity contribution in [3.63, 3.8) is 0 Å². The molecule has 2 aliphatic rings. The van der Waals surface area contributed by atoms with Crippen LogP contribution in [0.15, 0.2) is 24.3 Å². The van der Waals surface area contributed by atoms with Gasteiger partial charge in [-0.2, -0.15) is 17.0 Å². The minimum Gasteiger partial charge on any atom is -0.497 e. The molecule has 2 heterocycles. The van der Waals surface area contributed by atoms with Crippen molar-refractivity contribution in [3.8, 4) is 5.75 Å². The van der Waals surface area contributed by atoms with Crippen molar-refractivity contribution < 1.29 is 17.9 Å². The van der Waals surface area contributed by atoms with Crippen LogP contribution in [0.3, 0.4) is 0 Å². The Balaban J connectivity index is 1.76. The molecule has 2 fully saturated rings. The van der Waals surface area contributed by atoms with Gasteiger partial charge in [0.2, 0.25) is 0 Å². The molecular weight excluding hydrogens is 328 g/mol. The van der Waals surface area contributed by atoms with Gasteiger partial charge in [-0.3, -0.25) is 0 Å². The van der Waals surface area contributed by atoms with E-state index in [1.54, 1.807) is 15.7 Å².